The predicted molar refractivity (Wildman–Crippen MR) is 81.6 cm³/mol. The first-order chi connectivity index (χ1) is 9.96. The summed E-state index contributed by atoms with van der Waals surface area (Å²) in [6, 6.07) is 7.02. The predicted octanol–water partition coefficient (Wildman–Crippen LogP) is 2.98. The Labute approximate surface area is 127 Å². The van der Waals surface area contributed by atoms with Crippen LogP contribution in [0.15, 0.2) is 30.0 Å². The minimum atomic E-state index is -0.363. The van der Waals surface area contributed by atoms with Crippen LogP contribution in [0.3, 0.4) is 0 Å². The van der Waals surface area contributed by atoms with E-state index in [2.05, 4.69) is 4.98 Å². The van der Waals surface area contributed by atoms with Crippen molar-refractivity contribution in [1.82, 2.24) is 9.88 Å². The molecule has 0 aliphatic heterocycles. The number of aromatic nitrogens is 1. The largest absolute Gasteiger partial charge is 0.495 e. The number of H-pyrrole nitrogens is 1. The number of halogens is 1. The first-order valence-electron chi connectivity index (χ1n) is 6.15. The van der Waals surface area contributed by atoms with Gasteiger partial charge in [0, 0.05) is 31.2 Å². The molecule has 2 aromatic rings. The Balaban J connectivity index is 2.48. The van der Waals surface area contributed by atoms with E-state index in [9.17, 15) is 4.79 Å². The molecule has 6 heteroatoms. The summed E-state index contributed by atoms with van der Waals surface area (Å²) in [4.78, 5) is 16.9. The number of nitrogens with zero attached hydrogens (tertiary/aromatic N) is 2. The number of rotatable bonds is 4. The van der Waals surface area contributed by atoms with Crippen molar-refractivity contribution in [1.29, 1.82) is 5.26 Å². The maximum absolute atomic E-state index is 12.3. The SMILES string of the molecule is COc1cc2cc(C(=O)/C(C#N)=C/N(C)C)[nH]c2cc1Cl. The van der Waals surface area contributed by atoms with Crippen LogP contribution in [0.2, 0.25) is 5.02 Å². The van der Waals surface area contributed by atoms with E-state index in [1.54, 1.807) is 37.2 Å². The molecule has 21 heavy (non-hydrogen) atoms. The molecule has 2 rings (SSSR count). The number of nitriles is 1. The first-order valence-corrected chi connectivity index (χ1v) is 6.53. The number of ether oxygens (including phenoxy) is 1. The lowest BCUT2D eigenvalue weighted by molar-refractivity contribution is 0.103. The third-order valence-corrected chi connectivity index (χ3v) is 3.19. The van der Waals surface area contributed by atoms with Crippen LogP contribution in [-0.4, -0.2) is 36.9 Å². The normalized spacial score (nSPS) is 11.3. The fraction of sp³-hybridized carbons (Fsp3) is 0.200. The van der Waals surface area contributed by atoms with Gasteiger partial charge in [-0.15, -0.1) is 0 Å². The smallest absolute Gasteiger partial charge is 0.221 e. The van der Waals surface area contributed by atoms with Crippen LogP contribution in [-0.2, 0) is 0 Å². The number of carbonyl (C=O) groups is 1. The minimum absolute atomic E-state index is 0.0598. The van der Waals surface area contributed by atoms with Crippen molar-refractivity contribution in [2.45, 2.75) is 0 Å². The number of ketones is 1. The van der Waals surface area contributed by atoms with Crippen molar-refractivity contribution in [2.75, 3.05) is 21.2 Å². The van der Waals surface area contributed by atoms with Crippen LogP contribution in [0.5, 0.6) is 5.75 Å². The molecule has 1 aromatic heterocycles. The standard InChI is InChI=1S/C15H14ClN3O2/c1-19(2)8-10(7-17)15(20)13-4-9-5-14(21-3)11(16)6-12(9)18-13/h4-6,8,18H,1-3H3/b10-8+. The Morgan fingerprint density at radius 1 is 1.43 bits per heavy atom. The Hall–Kier alpha value is -2.45. The average Bonchev–Trinajstić information content (AvgIpc) is 2.85. The lowest BCUT2D eigenvalue weighted by Crippen LogP contribution is -2.09. The minimum Gasteiger partial charge on any atom is -0.495 e. The summed E-state index contributed by atoms with van der Waals surface area (Å²) in [7, 11) is 5.03. The molecule has 108 valence electrons. The van der Waals surface area contributed by atoms with Gasteiger partial charge in [-0.3, -0.25) is 4.79 Å². The number of hydrogen-bond acceptors (Lipinski definition) is 4. The number of carbonyl (C=O) groups excluding carboxylic acids is 1. The van der Waals surface area contributed by atoms with Gasteiger partial charge in [0.2, 0.25) is 5.78 Å². The van der Waals surface area contributed by atoms with Gasteiger partial charge in [-0.25, -0.2) is 0 Å². The fourth-order valence-electron chi connectivity index (χ4n) is 1.95. The molecular weight excluding hydrogens is 290 g/mol. The van der Waals surface area contributed by atoms with Gasteiger partial charge < -0.3 is 14.6 Å². The quantitative estimate of drug-likeness (QED) is 0.535. The van der Waals surface area contributed by atoms with E-state index in [4.69, 9.17) is 21.6 Å². The Morgan fingerprint density at radius 2 is 2.14 bits per heavy atom. The second kappa shape index (κ2) is 5.90. The van der Waals surface area contributed by atoms with Gasteiger partial charge in [-0.1, -0.05) is 11.6 Å². The van der Waals surface area contributed by atoms with Crippen LogP contribution in [0, 0.1) is 11.3 Å². The topological polar surface area (TPSA) is 69.1 Å². The van der Waals surface area contributed by atoms with Crippen LogP contribution >= 0.6 is 11.6 Å². The van der Waals surface area contributed by atoms with Gasteiger partial charge in [0.15, 0.2) is 0 Å². The Bertz CT molecular complexity index is 769. The molecule has 0 fully saturated rings. The zero-order chi connectivity index (χ0) is 15.6. The van der Waals surface area contributed by atoms with Gasteiger partial charge in [0.25, 0.3) is 0 Å². The zero-order valence-electron chi connectivity index (χ0n) is 11.9. The highest BCUT2D eigenvalue weighted by molar-refractivity contribution is 6.32. The highest BCUT2D eigenvalue weighted by Crippen LogP contribution is 2.30. The highest BCUT2D eigenvalue weighted by Gasteiger charge is 2.16. The molecule has 0 atom stereocenters. The summed E-state index contributed by atoms with van der Waals surface area (Å²) in [5.74, 6) is 0.170. The van der Waals surface area contributed by atoms with E-state index in [-0.39, 0.29) is 11.4 Å². The third-order valence-electron chi connectivity index (χ3n) is 2.89. The van der Waals surface area contributed by atoms with Crippen LogP contribution in [0.1, 0.15) is 10.5 Å². The number of Topliss-reactive ketones (excluding diaryl/α,β-unsaturated/α-hetero) is 1. The molecule has 1 N–H and O–H groups in total. The monoisotopic (exact) mass is 303 g/mol. The van der Waals surface area contributed by atoms with Crippen molar-refractivity contribution in [3.05, 3.63) is 40.7 Å². The van der Waals surface area contributed by atoms with Crippen molar-refractivity contribution < 1.29 is 9.53 Å². The molecule has 1 aromatic carbocycles. The lowest BCUT2D eigenvalue weighted by Gasteiger charge is -2.04. The van der Waals surface area contributed by atoms with Gasteiger partial charge in [-0.05, 0) is 18.2 Å². The number of methoxy groups -OCH3 is 1. The first kappa shape index (κ1) is 14.9. The molecule has 5 nitrogen and oxygen atoms in total. The van der Waals surface area contributed by atoms with Crippen LogP contribution in [0.25, 0.3) is 10.9 Å². The van der Waals surface area contributed by atoms with E-state index >= 15 is 0 Å². The molecule has 0 amide bonds. The van der Waals surface area contributed by atoms with Gasteiger partial charge in [0.05, 0.1) is 17.8 Å². The number of fused-ring (bicyclic) bond motifs is 1. The van der Waals surface area contributed by atoms with Crippen LogP contribution in [0.4, 0.5) is 0 Å². The summed E-state index contributed by atoms with van der Waals surface area (Å²) >= 11 is 6.05. The molecular formula is C15H14ClN3O2. The average molecular weight is 304 g/mol. The van der Waals surface area contributed by atoms with Crippen molar-refractivity contribution in [3.8, 4) is 11.8 Å². The lowest BCUT2D eigenvalue weighted by atomic mass is 10.1. The molecule has 0 spiro atoms. The van der Waals surface area contributed by atoms with E-state index in [1.165, 1.54) is 13.3 Å². The number of nitrogens with one attached hydrogen (secondary N) is 1. The summed E-state index contributed by atoms with van der Waals surface area (Å²) in [5, 5.41) is 10.3. The summed E-state index contributed by atoms with van der Waals surface area (Å²) in [5.41, 5.74) is 1.11. The Morgan fingerprint density at radius 3 is 2.71 bits per heavy atom. The van der Waals surface area contributed by atoms with E-state index in [0.717, 1.165) is 5.39 Å². The summed E-state index contributed by atoms with van der Waals surface area (Å²) in [6.45, 7) is 0. The van der Waals surface area contributed by atoms with Gasteiger partial charge >= 0.3 is 0 Å². The van der Waals surface area contributed by atoms with Gasteiger partial charge in [0.1, 0.15) is 17.4 Å². The number of hydrogen-bond donors (Lipinski definition) is 1. The maximum atomic E-state index is 12.3. The summed E-state index contributed by atoms with van der Waals surface area (Å²) in [6.07, 6.45) is 1.49. The molecule has 0 aliphatic carbocycles. The molecule has 0 aliphatic rings. The maximum Gasteiger partial charge on any atom is 0.221 e. The number of benzene rings is 1. The van der Waals surface area contributed by atoms with Crippen molar-refractivity contribution >= 4 is 28.3 Å². The number of aromatic amines is 1. The number of allylic oxidation sites excluding steroid dienone is 1. The van der Waals surface area contributed by atoms with Crippen molar-refractivity contribution in [3.63, 3.8) is 0 Å². The van der Waals surface area contributed by atoms with Gasteiger partial charge in [-0.2, -0.15) is 5.26 Å². The molecule has 0 unspecified atom stereocenters. The van der Waals surface area contributed by atoms with E-state index < -0.39 is 0 Å². The van der Waals surface area contributed by atoms with Crippen LogP contribution < -0.4 is 4.74 Å². The Kier molecular flexibility index (Phi) is 4.20. The molecule has 0 radical (unpaired) electrons. The molecule has 0 saturated heterocycles. The molecule has 0 bridgehead atoms. The molecule has 0 saturated carbocycles. The zero-order valence-corrected chi connectivity index (χ0v) is 12.7. The molecule has 1 heterocycles. The van der Waals surface area contributed by atoms with Crippen molar-refractivity contribution in [2.24, 2.45) is 0 Å². The summed E-state index contributed by atoms with van der Waals surface area (Å²) < 4.78 is 5.14. The fourth-order valence-corrected chi connectivity index (χ4v) is 2.19. The highest BCUT2D eigenvalue weighted by atomic mass is 35.5. The second-order valence-corrected chi connectivity index (χ2v) is 5.11. The third kappa shape index (κ3) is 3.01. The van der Waals surface area contributed by atoms with E-state index in [0.29, 0.717) is 22.0 Å². The van der Waals surface area contributed by atoms with E-state index in [1.807, 2.05) is 6.07 Å². The second-order valence-electron chi connectivity index (χ2n) is 4.70.